The molecule has 0 bridgehead atoms. The molecule has 1 saturated heterocycles. The summed E-state index contributed by atoms with van der Waals surface area (Å²) < 4.78 is 21.6. The molecular weight excluding hydrogens is 440 g/mol. The van der Waals surface area contributed by atoms with Gasteiger partial charge in [0.05, 0.1) is 13.7 Å². The van der Waals surface area contributed by atoms with Crippen LogP contribution in [0.4, 0.5) is 0 Å². The molecular formula is C22H22O11. The highest BCUT2D eigenvalue weighted by Gasteiger charge is 2.44. The van der Waals surface area contributed by atoms with E-state index < -0.39 is 48.5 Å². The average Bonchev–Trinajstić information content (AvgIpc) is 2.78. The first kappa shape index (κ1) is 22.8. The minimum absolute atomic E-state index is 0.0626. The molecule has 0 unspecified atom stereocenters. The van der Waals surface area contributed by atoms with Gasteiger partial charge >= 0.3 is 0 Å². The SMILES string of the molecule is COc1ccc(-c2cc(=O)c3c(O)cc(O[C@H]4O[C@@H](CO)[C@@H](O)[C@H](O)[C@H]4O)cc3o2)cc1O. The van der Waals surface area contributed by atoms with Crippen LogP contribution in [0.1, 0.15) is 0 Å². The number of fused-ring (bicyclic) bond motifs is 1. The summed E-state index contributed by atoms with van der Waals surface area (Å²) in [6, 6.07) is 7.92. The molecule has 4 rings (SSSR count). The quantitative estimate of drug-likeness (QED) is 0.302. The fourth-order valence-corrected chi connectivity index (χ4v) is 3.60. The van der Waals surface area contributed by atoms with Gasteiger partial charge in [-0.1, -0.05) is 0 Å². The van der Waals surface area contributed by atoms with Gasteiger partial charge in [0.2, 0.25) is 6.29 Å². The van der Waals surface area contributed by atoms with Crippen LogP contribution in [0.25, 0.3) is 22.3 Å². The van der Waals surface area contributed by atoms with Gasteiger partial charge in [0, 0.05) is 23.8 Å². The van der Waals surface area contributed by atoms with E-state index in [1.54, 1.807) is 6.07 Å². The topological polar surface area (TPSA) is 179 Å². The van der Waals surface area contributed by atoms with Crippen LogP contribution in [0.15, 0.2) is 45.6 Å². The van der Waals surface area contributed by atoms with Crippen LogP contribution in [0.3, 0.4) is 0 Å². The van der Waals surface area contributed by atoms with Crippen molar-refractivity contribution in [2.24, 2.45) is 0 Å². The van der Waals surface area contributed by atoms with E-state index in [4.69, 9.17) is 18.6 Å². The van der Waals surface area contributed by atoms with Crippen LogP contribution in [0, 0.1) is 0 Å². The maximum atomic E-state index is 12.6. The smallest absolute Gasteiger partial charge is 0.229 e. The summed E-state index contributed by atoms with van der Waals surface area (Å²) in [5, 5.41) is 59.5. The fraction of sp³-hybridized carbons (Fsp3) is 0.318. The van der Waals surface area contributed by atoms with Crippen molar-refractivity contribution in [2.45, 2.75) is 30.7 Å². The summed E-state index contributed by atoms with van der Waals surface area (Å²) >= 11 is 0. The Morgan fingerprint density at radius 3 is 2.39 bits per heavy atom. The number of benzene rings is 2. The van der Waals surface area contributed by atoms with E-state index in [0.29, 0.717) is 5.56 Å². The molecule has 0 saturated carbocycles. The third kappa shape index (κ3) is 4.19. The molecule has 3 aromatic rings. The number of phenolic OH excluding ortho intramolecular Hbond substituents is 2. The molecule has 5 atom stereocenters. The second-order valence-corrected chi connectivity index (χ2v) is 7.49. The van der Waals surface area contributed by atoms with Crippen molar-refractivity contribution in [3.8, 4) is 34.3 Å². The van der Waals surface area contributed by atoms with E-state index in [-0.39, 0.29) is 34.0 Å². The molecule has 1 fully saturated rings. The Labute approximate surface area is 186 Å². The van der Waals surface area contributed by atoms with Gasteiger partial charge in [0.25, 0.3) is 0 Å². The van der Waals surface area contributed by atoms with E-state index in [2.05, 4.69) is 0 Å². The third-order valence-electron chi connectivity index (χ3n) is 5.35. The van der Waals surface area contributed by atoms with Crippen LogP contribution < -0.4 is 14.9 Å². The maximum Gasteiger partial charge on any atom is 0.229 e. The highest BCUT2D eigenvalue weighted by atomic mass is 16.7. The first-order valence-corrected chi connectivity index (χ1v) is 9.89. The van der Waals surface area contributed by atoms with Gasteiger partial charge in [0.15, 0.2) is 16.9 Å². The van der Waals surface area contributed by atoms with Crippen molar-refractivity contribution in [1.29, 1.82) is 0 Å². The molecule has 1 aliphatic rings. The largest absolute Gasteiger partial charge is 0.507 e. The molecule has 6 N–H and O–H groups in total. The first-order chi connectivity index (χ1) is 15.7. The number of methoxy groups -OCH3 is 1. The molecule has 0 radical (unpaired) electrons. The predicted octanol–water partition coefficient (Wildman–Crippen LogP) is 0.0585. The van der Waals surface area contributed by atoms with Crippen molar-refractivity contribution in [3.05, 3.63) is 46.6 Å². The Morgan fingerprint density at radius 2 is 1.73 bits per heavy atom. The Bertz CT molecular complexity index is 1220. The van der Waals surface area contributed by atoms with Crippen LogP contribution in [-0.4, -0.2) is 75.1 Å². The number of ether oxygens (including phenoxy) is 3. The number of hydrogen-bond donors (Lipinski definition) is 6. The molecule has 1 aliphatic heterocycles. The average molecular weight is 462 g/mol. The van der Waals surface area contributed by atoms with Gasteiger partial charge < -0.3 is 49.3 Å². The standard InChI is InChI=1S/C22H22O11/c1-30-14-3-2-9(4-11(14)24)15-7-13(26)18-12(25)5-10(6-16(18)32-15)31-22-21(29)20(28)19(27)17(8-23)33-22/h2-7,17,19-25,27-29H,8H2,1H3/t17-,19+,20-,21+,22-/m0/s1. The van der Waals surface area contributed by atoms with E-state index in [0.717, 1.165) is 12.1 Å². The molecule has 11 heteroatoms. The highest BCUT2D eigenvalue weighted by Crippen LogP contribution is 2.35. The second kappa shape index (κ2) is 8.89. The highest BCUT2D eigenvalue weighted by molar-refractivity contribution is 5.86. The summed E-state index contributed by atoms with van der Waals surface area (Å²) in [6.45, 7) is -0.638. The van der Waals surface area contributed by atoms with E-state index >= 15 is 0 Å². The Morgan fingerprint density at radius 1 is 0.970 bits per heavy atom. The minimum atomic E-state index is -1.67. The Kier molecular flexibility index (Phi) is 6.15. The van der Waals surface area contributed by atoms with Crippen molar-refractivity contribution in [2.75, 3.05) is 13.7 Å². The molecule has 0 spiro atoms. The number of phenols is 2. The van der Waals surface area contributed by atoms with Crippen molar-refractivity contribution >= 4 is 11.0 Å². The zero-order valence-electron chi connectivity index (χ0n) is 17.3. The lowest BCUT2D eigenvalue weighted by molar-refractivity contribution is -0.277. The monoisotopic (exact) mass is 462 g/mol. The minimum Gasteiger partial charge on any atom is -0.507 e. The zero-order chi connectivity index (χ0) is 23.9. The first-order valence-electron chi connectivity index (χ1n) is 9.89. The van der Waals surface area contributed by atoms with Gasteiger partial charge in [-0.05, 0) is 18.2 Å². The molecule has 33 heavy (non-hydrogen) atoms. The summed E-state index contributed by atoms with van der Waals surface area (Å²) in [5.74, 6) is -0.392. The number of aromatic hydroxyl groups is 2. The van der Waals surface area contributed by atoms with Crippen LogP contribution in [-0.2, 0) is 4.74 Å². The zero-order valence-corrected chi connectivity index (χ0v) is 17.3. The van der Waals surface area contributed by atoms with Crippen molar-refractivity contribution in [1.82, 2.24) is 0 Å². The molecule has 2 heterocycles. The van der Waals surface area contributed by atoms with E-state index in [1.165, 1.54) is 25.3 Å². The van der Waals surface area contributed by atoms with Crippen LogP contribution >= 0.6 is 0 Å². The summed E-state index contributed by atoms with van der Waals surface area (Å²) in [6.07, 6.45) is -7.56. The van der Waals surface area contributed by atoms with E-state index in [9.17, 15) is 35.4 Å². The number of aliphatic hydroxyl groups excluding tert-OH is 4. The predicted molar refractivity (Wildman–Crippen MR) is 112 cm³/mol. The molecule has 0 amide bonds. The molecule has 1 aromatic heterocycles. The number of rotatable bonds is 5. The van der Waals surface area contributed by atoms with Gasteiger partial charge in [-0.15, -0.1) is 0 Å². The van der Waals surface area contributed by atoms with Gasteiger partial charge in [-0.3, -0.25) is 4.79 Å². The second-order valence-electron chi connectivity index (χ2n) is 7.49. The molecule has 11 nitrogen and oxygen atoms in total. The van der Waals surface area contributed by atoms with Crippen LogP contribution in [0.2, 0.25) is 0 Å². The molecule has 176 valence electrons. The lowest BCUT2D eigenvalue weighted by Gasteiger charge is -2.39. The summed E-state index contributed by atoms with van der Waals surface area (Å²) in [7, 11) is 1.39. The third-order valence-corrected chi connectivity index (χ3v) is 5.35. The van der Waals surface area contributed by atoms with Crippen LogP contribution in [0.5, 0.6) is 23.0 Å². The van der Waals surface area contributed by atoms with Gasteiger partial charge in [-0.2, -0.15) is 0 Å². The molecule has 0 aliphatic carbocycles. The van der Waals surface area contributed by atoms with Crippen molar-refractivity contribution in [3.63, 3.8) is 0 Å². The van der Waals surface area contributed by atoms with E-state index in [1.807, 2.05) is 0 Å². The normalized spacial score (nSPS) is 25.2. The van der Waals surface area contributed by atoms with Crippen molar-refractivity contribution < 1.29 is 49.3 Å². The number of aliphatic hydroxyl groups is 4. The van der Waals surface area contributed by atoms with Gasteiger partial charge in [-0.25, -0.2) is 0 Å². The maximum absolute atomic E-state index is 12.6. The summed E-state index contributed by atoms with van der Waals surface area (Å²) in [4.78, 5) is 12.6. The Hall–Kier alpha value is -3.35. The Balaban J connectivity index is 1.71. The fourth-order valence-electron chi connectivity index (χ4n) is 3.60. The lowest BCUT2D eigenvalue weighted by Crippen LogP contribution is -2.60. The lowest BCUT2D eigenvalue weighted by atomic mass is 9.99. The van der Waals surface area contributed by atoms with Gasteiger partial charge in [0.1, 0.15) is 52.6 Å². The summed E-state index contributed by atoms with van der Waals surface area (Å²) in [5.41, 5.74) is -0.252. The number of hydrogen-bond acceptors (Lipinski definition) is 11. The molecule has 2 aromatic carbocycles.